The summed E-state index contributed by atoms with van der Waals surface area (Å²) in [6.07, 6.45) is 1.58. The highest BCUT2D eigenvalue weighted by molar-refractivity contribution is 14.1. The van der Waals surface area contributed by atoms with Gasteiger partial charge in [0.05, 0.1) is 7.14 Å². The van der Waals surface area contributed by atoms with Gasteiger partial charge in [-0.2, -0.15) is 5.26 Å². The zero-order valence-electron chi connectivity index (χ0n) is 16.5. The summed E-state index contributed by atoms with van der Waals surface area (Å²) < 4.78 is 7.74. The highest BCUT2D eigenvalue weighted by atomic mass is 127. The molecule has 0 aromatic heterocycles. The fraction of sp³-hybridized carbons (Fsp3) is 0.0833. The van der Waals surface area contributed by atoms with Crippen LogP contribution in [0, 0.1) is 25.4 Å². The van der Waals surface area contributed by atoms with Gasteiger partial charge >= 0.3 is 0 Å². The van der Waals surface area contributed by atoms with Gasteiger partial charge in [0.25, 0.3) is 5.91 Å². The number of carbonyl (C=O) groups is 1. The molecule has 0 aliphatic rings. The molecule has 0 bridgehead atoms. The summed E-state index contributed by atoms with van der Waals surface area (Å²) in [5, 5.41) is 12.9. The summed E-state index contributed by atoms with van der Waals surface area (Å²) in [5.41, 5.74) is 3.41. The van der Waals surface area contributed by atoms with Crippen molar-refractivity contribution < 1.29 is 9.53 Å². The van der Waals surface area contributed by atoms with E-state index in [1.807, 2.05) is 61.5 Å². The van der Waals surface area contributed by atoms with Crippen molar-refractivity contribution in [1.29, 1.82) is 5.26 Å². The molecule has 0 saturated heterocycles. The SMILES string of the molecule is Cc1ccc(NC(=O)/C(C#N)=C/c2cc(I)c(OCc3ccccc3Cl)c(I)c2)cc1. The lowest BCUT2D eigenvalue weighted by Gasteiger charge is -2.12. The Balaban J connectivity index is 1.77. The smallest absolute Gasteiger partial charge is 0.266 e. The lowest BCUT2D eigenvalue weighted by Crippen LogP contribution is -2.13. The molecule has 7 heteroatoms. The van der Waals surface area contributed by atoms with E-state index < -0.39 is 5.91 Å². The van der Waals surface area contributed by atoms with Crippen molar-refractivity contribution in [3.05, 3.63) is 95.1 Å². The molecule has 0 spiro atoms. The van der Waals surface area contributed by atoms with Gasteiger partial charge in [0, 0.05) is 16.3 Å². The van der Waals surface area contributed by atoms with Gasteiger partial charge < -0.3 is 10.1 Å². The van der Waals surface area contributed by atoms with E-state index in [0.29, 0.717) is 17.3 Å². The molecule has 0 unspecified atom stereocenters. The Morgan fingerprint density at radius 1 is 1.13 bits per heavy atom. The van der Waals surface area contributed by atoms with Crippen LogP contribution < -0.4 is 10.1 Å². The minimum atomic E-state index is -0.449. The number of nitrogens with zero attached hydrogens (tertiary/aromatic N) is 1. The zero-order valence-corrected chi connectivity index (χ0v) is 21.5. The summed E-state index contributed by atoms with van der Waals surface area (Å²) in [6.45, 7) is 2.32. The Bertz CT molecular complexity index is 1160. The number of nitriles is 1. The van der Waals surface area contributed by atoms with Gasteiger partial charge in [0.1, 0.15) is 24.0 Å². The third-order valence-electron chi connectivity index (χ3n) is 4.34. The second kappa shape index (κ2) is 11.0. The molecule has 0 radical (unpaired) electrons. The number of benzene rings is 3. The lowest BCUT2D eigenvalue weighted by molar-refractivity contribution is -0.112. The number of halogens is 3. The lowest BCUT2D eigenvalue weighted by atomic mass is 10.1. The number of hydrogen-bond donors (Lipinski definition) is 1. The Kier molecular flexibility index (Phi) is 8.35. The maximum absolute atomic E-state index is 12.5. The molecular formula is C24H17ClI2N2O2. The summed E-state index contributed by atoms with van der Waals surface area (Å²) in [4.78, 5) is 12.5. The average Bonchev–Trinajstić information content (AvgIpc) is 2.74. The van der Waals surface area contributed by atoms with E-state index in [2.05, 4.69) is 50.5 Å². The van der Waals surface area contributed by atoms with Crippen LogP contribution in [-0.2, 0) is 11.4 Å². The number of carbonyl (C=O) groups excluding carboxylic acids is 1. The van der Waals surface area contributed by atoms with Crippen molar-refractivity contribution in [3.8, 4) is 11.8 Å². The van der Waals surface area contributed by atoms with Crippen molar-refractivity contribution >= 4 is 74.5 Å². The topological polar surface area (TPSA) is 62.1 Å². The van der Waals surface area contributed by atoms with E-state index in [0.717, 1.165) is 29.6 Å². The van der Waals surface area contributed by atoms with Crippen LogP contribution in [0.1, 0.15) is 16.7 Å². The van der Waals surface area contributed by atoms with Crippen LogP contribution in [0.2, 0.25) is 5.02 Å². The second-order valence-electron chi connectivity index (χ2n) is 6.68. The number of nitrogens with one attached hydrogen (secondary N) is 1. The monoisotopic (exact) mass is 654 g/mol. The summed E-state index contributed by atoms with van der Waals surface area (Å²) in [7, 11) is 0. The van der Waals surface area contributed by atoms with Crippen molar-refractivity contribution in [2.24, 2.45) is 0 Å². The van der Waals surface area contributed by atoms with Crippen LogP contribution in [0.5, 0.6) is 5.75 Å². The average molecular weight is 655 g/mol. The maximum Gasteiger partial charge on any atom is 0.266 e. The van der Waals surface area contributed by atoms with Crippen LogP contribution in [0.3, 0.4) is 0 Å². The predicted octanol–water partition coefficient (Wildman–Crippen LogP) is 6.98. The molecule has 0 saturated carbocycles. The van der Waals surface area contributed by atoms with E-state index >= 15 is 0 Å². The molecule has 3 aromatic carbocycles. The van der Waals surface area contributed by atoms with E-state index in [9.17, 15) is 10.1 Å². The molecule has 1 N–H and O–H groups in total. The van der Waals surface area contributed by atoms with Gasteiger partial charge in [-0.05, 0) is 94.1 Å². The first kappa shape index (κ1) is 23.6. The Labute approximate surface area is 213 Å². The third-order valence-corrected chi connectivity index (χ3v) is 6.31. The largest absolute Gasteiger partial charge is 0.487 e. The van der Waals surface area contributed by atoms with E-state index in [1.165, 1.54) is 0 Å². The molecule has 3 aromatic rings. The van der Waals surface area contributed by atoms with Crippen LogP contribution in [0.15, 0.2) is 66.2 Å². The number of aryl methyl sites for hydroxylation is 1. The van der Waals surface area contributed by atoms with Gasteiger partial charge in [-0.1, -0.05) is 47.5 Å². The van der Waals surface area contributed by atoms with E-state index in [4.69, 9.17) is 16.3 Å². The van der Waals surface area contributed by atoms with Crippen LogP contribution in [-0.4, -0.2) is 5.91 Å². The predicted molar refractivity (Wildman–Crippen MR) is 141 cm³/mol. The summed E-state index contributed by atoms with van der Waals surface area (Å²) >= 11 is 10.6. The third kappa shape index (κ3) is 6.45. The summed E-state index contributed by atoms with van der Waals surface area (Å²) in [6, 6.07) is 20.7. The highest BCUT2D eigenvalue weighted by Gasteiger charge is 2.13. The Morgan fingerprint density at radius 3 is 2.39 bits per heavy atom. The molecule has 1 amide bonds. The quantitative estimate of drug-likeness (QED) is 0.177. The molecule has 156 valence electrons. The number of hydrogen-bond acceptors (Lipinski definition) is 3. The number of ether oxygens (including phenoxy) is 1. The molecular weight excluding hydrogens is 638 g/mol. The normalized spacial score (nSPS) is 11.0. The molecule has 0 heterocycles. The molecule has 31 heavy (non-hydrogen) atoms. The Hall–Kier alpha value is -2.09. The van der Waals surface area contributed by atoms with Crippen molar-refractivity contribution in [2.75, 3.05) is 5.32 Å². The van der Waals surface area contributed by atoms with Gasteiger partial charge in [0.15, 0.2) is 0 Å². The van der Waals surface area contributed by atoms with Crippen LogP contribution >= 0.6 is 56.8 Å². The minimum Gasteiger partial charge on any atom is -0.487 e. The Morgan fingerprint density at radius 2 is 1.77 bits per heavy atom. The maximum atomic E-state index is 12.5. The van der Waals surface area contributed by atoms with Gasteiger partial charge in [0.2, 0.25) is 0 Å². The minimum absolute atomic E-state index is 0.0249. The fourth-order valence-electron chi connectivity index (χ4n) is 2.72. The standard InChI is InChI=1S/C24H17ClI2N2O2/c1-15-6-8-19(9-7-15)29-24(30)18(13-28)10-16-11-21(26)23(22(27)12-16)31-14-17-4-2-3-5-20(17)25/h2-12H,14H2,1H3,(H,29,30)/b18-10+. The van der Waals surface area contributed by atoms with E-state index in [-0.39, 0.29) is 5.57 Å². The first-order valence-corrected chi connectivity index (χ1v) is 11.8. The summed E-state index contributed by atoms with van der Waals surface area (Å²) in [5.74, 6) is 0.288. The number of rotatable bonds is 6. The molecule has 0 aliphatic carbocycles. The fourth-order valence-corrected chi connectivity index (χ4v) is 5.03. The zero-order chi connectivity index (χ0) is 22.4. The van der Waals surface area contributed by atoms with Gasteiger partial charge in [-0.25, -0.2) is 0 Å². The number of anilines is 1. The van der Waals surface area contributed by atoms with Crippen LogP contribution in [0.4, 0.5) is 5.69 Å². The molecule has 3 rings (SSSR count). The second-order valence-corrected chi connectivity index (χ2v) is 9.42. The molecule has 0 fully saturated rings. The first-order valence-electron chi connectivity index (χ1n) is 9.22. The molecule has 0 aliphatic heterocycles. The van der Waals surface area contributed by atoms with Gasteiger partial charge in [-0.15, -0.1) is 0 Å². The number of amides is 1. The van der Waals surface area contributed by atoms with Crippen LogP contribution in [0.25, 0.3) is 6.08 Å². The molecule has 4 nitrogen and oxygen atoms in total. The van der Waals surface area contributed by atoms with Gasteiger partial charge in [-0.3, -0.25) is 4.79 Å². The van der Waals surface area contributed by atoms with Crippen molar-refractivity contribution in [2.45, 2.75) is 13.5 Å². The van der Waals surface area contributed by atoms with Crippen molar-refractivity contribution in [3.63, 3.8) is 0 Å². The highest BCUT2D eigenvalue weighted by Crippen LogP contribution is 2.31. The first-order chi connectivity index (χ1) is 14.9. The molecule has 0 atom stereocenters. The van der Waals surface area contributed by atoms with Crippen molar-refractivity contribution in [1.82, 2.24) is 0 Å². The van der Waals surface area contributed by atoms with E-state index in [1.54, 1.807) is 18.2 Å².